The highest BCUT2D eigenvalue weighted by atomic mass is 35.5. The summed E-state index contributed by atoms with van der Waals surface area (Å²) < 4.78 is 0. The molecule has 5 heteroatoms. The molecule has 2 heterocycles. The minimum atomic E-state index is 0.441. The van der Waals surface area contributed by atoms with Gasteiger partial charge in [-0.1, -0.05) is 23.8 Å². The largest absolute Gasteiger partial charge is 0.368 e. The second-order valence-corrected chi connectivity index (χ2v) is 6.90. The second-order valence-electron chi connectivity index (χ2n) is 6.52. The molecule has 0 amide bonds. The molecule has 3 rings (SSSR count). The van der Waals surface area contributed by atoms with Crippen LogP contribution < -0.4 is 5.32 Å². The number of hydrogen-bond acceptors (Lipinski definition) is 4. The molecule has 0 radical (unpaired) electrons. The van der Waals surface area contributed by atoms with Crippen LogP contribution >= 0.6 is 11.6 Å². The third-order valence-electron chi connectivity index (χ3n) is 4.81. The number of piperidine rings is 1. The van der Waals surface area contributed by atoms with E-state index in [9.17, 15) is 0 Å². The van der Waals surface area contributed by atoms with Gasteiger partial charge >= 0.3 is 0 Å². The molecule has 2 aliphatic rings. The SMILES string of the molecule is Clc1ccc(NCC2CCN(CC3CC=CCC3)CC2)nn1. The first-order chi connectivity index (χ1) is 10.8. The van der Waals surface area contributed by atoms with Gasteiger partial charge in [-0.05, 0) is 69.2 Å². The lowest BCUT2D eigenvalue weighted by Gasteiger charge is -2.34. The fourth-order valence-electron chi connectivity index (χ4n) is 3.42. The Labute approximate surface area is 137 Å². The molecule has 4 nitrogen and oxygen atoms in total. The Bertz CT molecular complexity index is 480. The number of nitrogens with zero attached hydrogens (tertiary/aromatic N) is 3. The first-order valence-corrected chi connectivity index (χ1v) is 8.78. The molecule has 0 spiro atoms. The molecule has 1 atom stereocenters. The van der Waals surface area contributed by atoms with Crippen LogP contribution in [0, 0.1) is 11.8 Å². The molecular weight excluding hydrogens is 296 g/mol. The number of aromatic nitrogens is 2. The summed E-state index contributed by atoms with van der Waals surface area (Å²) in [7, 11) is 0. The van der Waals surface area contributed by atoms with Crippen LogP contribution in [0.15, 0.2) is 24.3 Å². The van der Waals surface area contributed by atoms with Crippen LogP contribution in [0.4, 0.5) is 5.82 Å². The third-order valence-corrected chi connectivity index (χ3v) is 5.01. The van der Waals surface area contributed by atoms with Gasteiger partial charge in [-0.3, -0.25) is 0 Å². The number of allylic oxidation sites excluding steroid dienone is 2. The Morgan fingerprint density at radius 3 is 2.64 bits per heavy atom. The topological polar surface area (TPSA) is 41.0 Å². The molecule has 1 unspecified atom stereocenters. The van der Waals surface area contributed by atoms with E-state index in [0.717, 1.165) is 24.2 Å². The lowest BCUT2D eigenvalue weighted by molar-refractivity contribution is 0.160. The molecular formula is C17H25ClN4. The Hall–Kier alpha value is -1.13. The highest BCUT2D eigenvalue weighted by Gasteiger charge is 2.21. The number of rotatable bonds is 5. The summed E-state index contributed by atoms with van der Waals surface area (Å²) in [6, 6.07) is 3.67. The van der Waals surface area contributed by atoms with Gasteiger partial charge in [0.15, 0.2) is 5.15 Å². The van der Waals surface area contributed by atoms with E-state index in [2.05, 4.69) is 32.6 Å². The molecule has 1 N–H and O–H groups in total. The van der Waals surface area contributed by atoms with Gasteiger partial charge in [0, 0.05) is 13.1 Å². The van der Waals surface area contributed by atoms with Crippen LogP contribution in [0.1, 0.15) is 32.1 Å². The first kappa shape index (κ1) is 15.8. The van der Waals surface area contributed by atoms with Crippen LogP contribution in [0.2, 0.25) is 5.15 Å². The van der Waals surface area contributed by atoms with E-state index in [1.807, 2.05) is 6.07 Å². The van der Waals surface area contributed by atoms with Crippen molar-refractivity contribution in [3.63, 3.8) is 0 Å². The molecule has 0 saturated carbocycles. The van der Waals surface area contributed by atoms with Crippen molar-refractivity contribution >= 4 is 17.4 Å². The van der Waals surface area contributed by atoms with Crippen molar-refractivity contribution in [3.8, 4) is 0 Å². The van der Waals surface area contributed by atoms with Crippen molar-refractivity contribution in [2.24, 2.45) is 11.8 Å². The average molecular weight is 321 g/mol. The van der Waals surface area contributed by atoms with Crippen LogP contribution in [-0.2, 0) is 0 Å². The summed E-state index contributed by atoms with van der Waals surface area (Å²) in [4.78, 5) is 2.66. The van der Waals surface area contributed by atoms with Gasteiger partial charge in [0.05, 0.1) is 0 Å². The molecule has 1 aromatic heterocycles. The molecule has 1 aliphatic carbocycles. The van der Waals surface area contributed by atoms with E-state index < -0.39 is 0 Å². The zero-order valence-corrected chi connectivity index (χ0v) is 13.8. The number of nitrogens with one attached hydrogen (secondary N) is 1. The lowest BCUT2D eigenvalue weighted by Crippen LogP contribution is -2.38. The summed E-state index contributed by atoms with van der Waals surface area (Å²) in [6.07, 6.45) is 11.1. The number of likely N-dealkylation sites (tertiary alicyclic amines) is 1. The van der Waals surface area contributed by atoms with E-state index >= 15 is 0 Å². The van der Waals surface area contributed by atoms with Crippen LogP contribution in [-0.4, -0.2) is 41.3 Å². The third kappa shape index (κ3) is 4.68. The first-order valence-electron chi connectivity index (χ1n) is 8.40. The van der Waals surface area contributed by atoms with Crippen molar-refractivity contribution < 1.29 is 0 Å². The maximum atomic E-state index is 5.75. The number of anilines is 1. The average Bonchev–Trinajstić information content (AvgIpc) is 2.57. The molecule has 0 aromatic carbocycles. The van der Waals surface area contributed by atoms with E-state index in [1.165, 1.54) is 51.7 Å². The predicted octanol–water partition coefficient (Wildman–Crippen LogP) is 3.61. The van der Waals surface area contributed by atoms with Crippen LogP contribution in [0.5, 0.6) is 0 Å². The molecule has 0 bridgehead atoms. The zero-order valence-electron chi connectivity index (χ0n) is 13.0. The Balaban J connectivity index is 1.36. The summed E-state index contributed by atoms with van der Waals surface area (Å²) >= 11 is 5.75. The van der Waals surface area contributed by atoms with Gasteiger partial charge in [-0.2, -0.15) is 0 Å². The maximum Gasteiger partial charge on any atom is 0.151 e. The second kappa shape index (κ2) is 7.93. The summed E-state index contributed by atoms with van der Waals surface area (Å²) in [5.74, 6) is 2.44. The van der Waals surface area contributed by atoms with E-state index in [1.54, 1.807) is 6.07 Å². The molecule has 1 fully saturated rings. The van der Waals surface area contributed by atoms with Gasteiger partial charge in [0.2, 0.25) is 0 Å². The molecule has 1 aliphatic heterocycles. The Morgan fingerprint density at radius 2 is 1.95 bits per heavy atom. The van der Waals surface area contributed by atoms with E-state index in [0.29, 0.717) is 5.15 Å². The molecule has 120 valence electrons. The van der Waals surface area contributed by atoms with Gasteiger partial charge in [-0.25, -0.2) is 0 Å². The van der Waals surface area contributed by atoms with E-state index in [4.69, 9.17) is 11.6 Å². The van der Waals surface area contributed by atoms with Crippen molar-refractivity contribution in [2.75, 3.05) is 31.5 Å². The standard InChI is InChI=1S/C17H25ClN4/c18-16-6-7-17(21-20-16)19-12-14-8-10-22(11-9-14)13-15-4-2-1-3-5-15/h1-2,6-7,14-15H,3-5,8-13H2,(H,19,21). The molecule has 22 heavy (non-hydrogen) atoms. The summed E-state index contributed by atoms with van der Waals surface area (Å²) in [5, 5.41) is 11.7. The normalized spacial score (nSPS) is 23.6. The zero-order chi connectivity index (χ0) is 15.2. The van der Waals surface area contributed by atoms with E-state index in [-0.39, 0.29) is 0 Å². The quantitative estimate of drug-likeness (QED) is 0.841. The minimum absolute atomic E-state index is 0.441. The fourth-order valence-corrected chi connectivity index (χ4v) is 3.52. The van der Waals surface area contributed by atoms with Gasteiger partial charge in [-0.15, -0.1) is 10.2 Å². The Morgan fingerprint density at radius 1 is 1.09 bits per heavy atom. The predicted molar refractivity (Wildman–Crippen MR) is 91.2 cm³/mol. The number of halogens is 1. The summed E-state index contributed by atoms with van der Waals surface area (Å²) in [6.45, 7) is 4.74. The van der Waals surface area contributed by atoms with Crippen molar-refractivity contribution in [1.29, 1.82) is 0 Å². The van der Waals surface area contributed by atoms with Crippen LogP contribution in [0.3, 0.4) is 0 Å². The minimum Gasteiger partial charge on any atom is -0.368 e. The van der Waals surface area contributed by atoms with Gasteiger partial charge in [0.25, 0.3) is 0 Å². The monoisotopic (exact) mass is 320 g/mol. The molecule has 1 saturated heterocycles. The highest BCUT2D eigenvalue weighted by molar-refractivity contribution is 6.29. The van der Waals surface area contributed by atoms with Crippen molar-refractivity contribution in [3.05, 3.63) is 29.4 Å². The smallest absolute Gasteiger partial charge is 0.151 e. The van der Waals surface area contributed by atoms with Gasteiger partial charge < -0.3 is 10.2 Å². The summed E-state index contributed by atoms with van der Waals surface area (Å²) in [5.41, 5.74) is 0. The van der Waals surface area contributed by atoms with Crippen molar-refractivity contribution in [1.82, 2.24) is 15.1 Å². The maximum absolute atomic E-state index is 5.75. The van der Waals surface area contributed by atoms with Gasteiger partial charge in [0.1, 0.15) is 5.82 Å². The van der Waals surface area contributed by atoms with Crippen LogP contribution in [0.25, 0.3) is 0 Å². The molecule has 1 aromatic rings. The Kier molecular flexibility index (Phi) is 5.68. The highest BCUT2D eigenvalue weighted by Crippen LogP contribution is 2.23. The fraction of sp³-hybridized carbons (Fsp3) is 0.647. The number of hydrogen-bond donors (Lipinski definition) is 1. The van der Waals surface area contributed by atoms with Crippen molar-refractivity contribution in [2.45, 2.75) is 32.1 Å². The lowest BCUT2D eigenvalue weighted by atomic mass is 9.91.